The number of aliphatic imine (C=N–C) groups is 1. The first-order valence-corrected chi connectivity index (χ1v) is 6.20. The second-order valence-electron chi connectivity index (χ2n) is 4.62. The van der Waals surface area contributed by atoms with Crippen LogP contribution in [-0.2, 0) is 6.54 Å². The molecule has 0 aliphatic rings. The Hall–Kier alpha value is -2.09. The Balaban J connectivity index is 2.63. The minimum atomic E-state index is -0.328. The zero-order valence-corrected chi connectivity index (χ0v) is 11.5. The Morgan fingerprint density at radius 2 is 2.16 bits per heavy atom. The standard InChI is InChI=1S/C14H19FN4/c1-10(2)8-18-14(17-3)19-9-12-6-11(7-16)4-5-13(12)15/h4-6,10H,8-9H2,1-3H3,(H2,17,18,19). The lowest BCUT2D eigenvalue weighted by atomic mass is 10.1. The van der Waals surface area contributed by atoms with Crippen molar-refractivity contribution in [3.8, 4) is 6.07 Å². The minimum Gasteiger partial charge on any atom is -0.356 e. The van der Waals surface area contributed by atoms with Gasteiger partial charge in [0.15, 0.2) is 5.96 Å². The third-order valence-electron chi connectivity index (χ3n) is 2.52. The van der Waals surface area contributed by atoms with E-state index in [0.717, 1.165) is 6.54 Å². The van der Waals surface area contributed by atoms with Crippen LogP contribution in [0.2, 0.25) is 0 Å². The van der Waals surface area contributed by atoms with Crippen LogP contribution >= 0.6 is 0 Å². The van der Waals surface area contributed by atoms with Gasteiger partial charge in [-0.15, -0.1) is 0 Å². The number of nitrogens with zero attached hydrogens (tertiary/aromatic N) is 2. The molecule has 1 aromatic rings. The highest BCUT2D eigenvalue weighted by Gasteiger charge is 2.05. The van der Waals surface area contributed by atoms with Gasteiger partial charge in [-0.1, -0.05) is 13.8 Å². The van der Waals surface area contributed by atoms with Gasteiger partial charge >= 0.3 is 0 Å². The fourth-order valence-corrected chi connectivity index (χ4v) is 1.48. The molecule has 0 heterocycles. The number of benzene rings is 1. The van der Waals surface area contributed by atoms with Crippen molar-refractivity contribution in [1.82, 2.24) is 10.6 Å². The van der Waals surface area contributed by atoms with Crippen molar-refractivity contribution in [2.75, 3.05) is 13.6 Å². The quantitative estimate of drug-likeness (QED) is 0.644. The molecular formula is C14H19FN4. The molecule has 0 unspecified atom stereocenters. The van der Waals surface area contributed by atoms with Crippen molar-refractivity contribution in [3.05, 3.63) is 35.1 Å². The maximum Gasteiger partial charge on any atom is 0.191 e. The van der Waals surface area contributed by atoms with Gasteiger partial charge in [0.05, 0.1) is 11.6 Å². The van der Waals surface area contributed by atoms with Crippen molar-refractivity contribution < 1.29 is 4.39 Å². The first-order valence-electron chi connectivity index (χ1n) is 6.20. The Labute approximate surface area is 113 Å². The van der Waals surface area contributed by atoms with E-state index in [1.54, 1.807) is 7.05 Å². The Bertz CT molecular complexity index is 489. The molecule has 1 rings (SSSR count). The molecule has 19 heavy (non-hydrogen) atoms. The van der Waals surface area contributed by atoms with Crippen molar-refractivity contribution in [2.24, 2.45) is 10.9 Å². The largest absolute Gasteiger partial charge is 0.356 e. The van der Waals surface area contributed by atoms with Crippen LogP contribution in [0.4, 0.5) is 4.39 Å². The van der Waals surface area contributed by atoms with Crippen LogP contribution in [0, 0.1) is 23.1 Å². The van der Waals surface area contributed by atoms with E-state index in [1.165, 1.54) is 18.2 Å². The molecule has 0 saturated carbocycles. The van der Waals surface area contributed by atoms with Crippen LogP contribution in [0.25, 0.3) is 0 Å². The summed E-state index contributed by atoms with van der Waals surface area (Å²) in [5.41, 5.74) is 0.898. The molecule has 5 heteroatoms. The summed E-state index contributed by atoms with van der Waals surface area (Å²) in [5, 5.41) is 15.0. The molecule has 0 spiro atoms. The van der Waals surface area contributed by atoms with Crippen LogP contribution in [0.3, 0.4) is 0 Å². The normalized spacial score (nSPS) is 11.3. The highest BCUT2D eigenvalue weighted by molar-refractivity contribution is 5.79. The third-order valence-corrected chi connectivity index (χ3v) is 2.52. The van der Waals surface area contributed by atoms with Gasteiger partial charge in [-0.3, -0.25) is 4.99 Å². The van der Waals surface area contributed by atoms with Crippen molar-refractivity contribution >= 4 is 5.96 Å². The number of rotatable bonds is 4. The number of hydrogen-bond donors (Lipinski definition) is 2. The predicted molar refractivity (Wildman–Crippen MR) is 74.2 cm³/mol. The summed E-state index contributed by atoms with van der Waals surface area (Å²) >= 11 is 0. The molecule has 0 atom stereocenters. The molecule has 4 nitrogen and oxygen atoms in total. The van der Waals surface area contributed by atoms with E-state index in [0.29, 0.717) is 29.5 Å². The van der Waals surface area contributed by atoms with E-state index in [2.05, 4.69) is 29.5 Å². The average Bonchev–Trinajstić information content (AvgIpc) is 2.40. The number of guanidine groups is 1. The maximum atomic E-state index is 13.6. The smallest absolute Gasteiger partial charge is 0.191 e. The Kier molecular flexibility index (Phi) is 5.80. The lowest BCUT2D eigenvalue weighted by molar-refractivity contribution is 0.597. The summed E-state index contributed by atoms with van der Waals surface area (Å²) in [6.45, 7) is 5.27. The van der Waals surface area contributed by atoms with Gasteiger partial charge in [0.25, 0.3) is 0 Å². The van der Waals surface area contributed by atoms with E-state index in [4.69, 9.17) is 5.26 Å². The van der Waals surface area contributed by atoms with Crippen LogP contribution in [-0.4, -0.2) is 19.6 Å². The Morgan fingerprint density at radius 1 is 1.42 bits per heavy atom. The lowest BCUT2D eigenvalue weighted by Gasteiger charge is -2.13. The van der Waals surface area contributed by atoms with E-state index in [9.17, 15) is 4.39 Å². The summed E-state index contributed by atoms with van der Waals surface area (Å²) in [4.78, 5) is 4.05. The third kappa shape index (κ3) is 4.96. The fraction of sp³-hybridized carbons (Fsp3) is 0.429. The van der Waals surface area contributed by atoms with E-state index >= 15 is 0 Å². The van der Waals surface area contributed by atoms with Gasteiger partial charge in [-0.25, -0.2) is 4.39 Å². The molecule has 0 fully saturated rings. The molecule has 0 saturated heterocycles. The van der Waals surface area contributed by atoms with Gasteiger partial charge in [0.1, 0.15) is 5.82 Å². The van der Waals surface area contributed by atoms with E-state index < -0.39 is 0 Å². The first kappa shape index (κ1) is 15.0. The maximum absolute atomic E-state index is 13.6. The van der Waals surface area contributed by atoms with Crippen LogP contribution in [0.1, 0.15) is 25.0 Å². The van der Waals surface area contributed by atoms with Crippen LogP contribution in [0.5, 0.6) is 0 Å². The molecule has 0 aliphatic carbocycles. The zero-order valence-electron chi connectivity index (χ0n) is 11.5. The number of nitriles is 1. The van der Waals surface area contributed by atoms with Gasteiger partial charge < -0.3 is 10.6 Å². The predicted octanol–water partition coefficient (Wildman–Crippen LogP) is 2.02. The van der Waals surface area contributed by atoms with E-state index in [1.807, 2.05) is 6.07 Å². The second kappa shape index (κ2) is 7.37. The molecule has 0 radical (unpaired) electrons. The molecule has 0 amide bonds. The topological polar surface area (TPSA) is 60.2 Å². The van der Waals surface area contributed by atoms with Crippen molar-refractivity contribution in [3.63, 3.8) is 0 Å². The molecular weight excluding hydrogens is 243 g/mol. The number of halogens is 1. The second-order valence-corrected chi connectivity index (χ2v) is 4.62. The minimum absolute atomic E-state index is 0.291. The molecule has 0 aliphatic heterocycles. The van der Waals surface area contributed by atoms with Gasteiger partial charge in [-0.2, -0.15) is 5.26 Å². The van der Waals surface area contributed by atoms with Crippen LogP contribution in [0.15, 0.2) is 23.2 Å². The van der Waals surface area contributed by atoms with Crippen LogP contribution < -0.4 is 10.6 Å². The summed E-state index contributed by atoms with van der Waals surface area (Å²) < 4.78 is 13.6. The van der Waals surface area contributed by atoms with Gasteiger partial charge in [0, 0.05) is 25.7 Å². The SMILES string of the molecule is CN=C(NCc1cc(C#N)ccc1F)NCC(C)C. The summed E-state index contributed by atoms with van der Waals surface area (Å²) in [5.74, 6) is 0.790. The Morgan fingerprint density at radius 3 is 2.74 bits per heavy atom. The zero-order chi connectivity index (χ0) is 14.3. The van der Waals surface area contributed by atoms with Gasteiger partial charge in [-0.05, 0) is 24.1 Å². The van der Waals surface area contributed by atoms with Crippen molar-refractivity contribution in [1.29, 1.82) is 5.26 Å². The van der Waals surface area contributed by atoms with Gasteiger partial charge in [0.2, 0.25) is 0 Å². The highest BCUT2D eigenvalue weighted by Crippen LogP contribution is 2.09. The van der Waals surface area contributed by atoms with E-state index in [-0.39, 0.29) is 5.82 Å². The summed E-state index contributed by atoms with van der Waals surface area (Å²) in [6, 6.07) is 6.30. The molecule has 102 valence electrons. The number of nitrogens with one attached hydrogen (secondary N) is 2. The first-order chi connectivity index (χ1) is 9.06. The molecule has 0 bridgehead atoms. The molecule has 1 aromatic carbocycles. The molecule has 0 aromatic heterocycles. The molecule has 2 N–H and O–H groups in total. The lowest BCUT2D eigenvalue weighted by Crippen LogP contribution is -2.38. The highest BCUT2D eigenvalue weighted by atomic mass is 19.1. The summed E-state index contributed by atoms with van der Waals surface area (Å²) in [6.07, 6.45) is 0. The number of hydrogen-bond acceptors (Lipinski definition) is 2. The average molecular weight is 262 g/mol. The fourth-order valence-electron chi connectivity index (χ4n) is 1.48. The summed E-state index contributed by atoms with van der Waals surface area (Å²) in [7, 11) is 1.66. The van der Waals surface area contributed by atoms with Crippen molar-refractivity contribution in [2.45, 2.75) is 20.4 Å². The monoisotopic (exact) mass is 262 g/mol.